The zero-order chi connectivity index (χ0) is 11.3. The average Bonchev–Trinajstić information content (AvgIpc) is 2.72. The molecule has 0 fully saturated rings. The van der Waals surface area contributed by atoms with Crippen LogP contribution in [0.5, 0.6) is 0 Å². The van der Waals surface area contributed by atoms with E-state index >= 15 is 0 Å². The number of nitrogens with zero attached hydrogens (tertiary/aromatic N) is 1. The van der Waals surface area contributed by atoms with Gasteiger partial charge < -0.3 is 5.73 Å². The highest BCUT2D eigenvalue weighted by Crippen LogP contribution is 2.23. The van der Waals surface area contributed by atoms with Gasteiger partial charge in [0.15, 0.2) is 0 Å². The molecule has 3 heteroatoms. The Kier molecular flexibility index (Phi) is 5.29. The number of thiophene rings is 1. The van der Waals surface area contributed by atoms with E-state index in [1.807, 2.05) is 0 Å². The van der Waals surface area contributed by atoms with Crippen molar-refractivity contribution in [3.05, 3.63) is 22.4 Å². The first-order valence-corrected chi connectivity index (χ1v) is 6.50. The molecule has 2 atom stereocenters. The minimum Gasteiger partial charge on any atom is -0.329 e. The van der Waals surface area contributed by atoms with Gasteiger partial charge in [0.25, 0.3) is 0 Å². The largest absolute Gasteiger partial charge is 0.329 e. The fourth-order valence-corrected chi connectivity index (χ4v) is 2.65. The van der Waals surface area contributed by atoms with E-state index in [1.54, 1.807) is 11.3 Å². The molecule has 1 rings (SSSR count). The summed E-state index contributed by atoms with van der Waals surface area (Å²) >= 11 is 1.80. The van der Waals surface area contributed by atoms with Crippen LogP contribution in [0.3, 0.4) is 0 Å². The highest BCUT2D eigenvalue weighted by atomic mass is 32.1. The van der Waals surface area contributed by atoms with Gasteiger partial charge in [-0.05, 0) is 24.4 Å². The standard InChI is InChI=1S/C12H22N2S/c1-4-10(2)9-14(3)11(8-13)12-6-5-7-15-12/h5-7,10-11H,4,8-9,13H2,1-3H3. The van der Waals surface area contributed by atoms with Crippen LogP contribution in [0.2, 0.25) is 0 Å². The second-order valence-corrected chi connectivity index (χ2v) is 5.20. The van der Waals surface area contributed by atoms with Crippen LogP contribution >= 0.6 is 11.3 Å². The summed E-state index contributed by atoms with van der Waals surface area (Å²) in [6.45, 7) is 6.35. The average molecular weight is 226 g/mol. The minimum atomic E-state index is 0.388. The third-order valence-corrected chi connectivity index (χ3v) is 3.90. The molecule has 1 heterocycles. The van der Waals surface area contributed by atoms with Crippen molar-refractivity contribution in [3.8, 4) is 0 Å². The van der Waals surface area contributed by atoms with Gasteiger partial charge in [0.05, 0.1) is 6.04 Å². The molecule has 0 saturated heterocycles. The molecular weight excluding hydrogens is 204 g/mol. The Morgan fingerprint density at radius 3 is 2.73 bits per heavy atom. The lowest BCUT2D eigenvalue weighted by Crippen LogP contribution is -2.33. The van der Waals surface area contributed by atoms with Gasteiger partial charge in [-0.25, -0.2) is 0 Å². The van der Waals surface area contributed by atoms with Crippen molar-refractivity contribution in [2.24, 2.45) is 11.7 Å². The van der Waals surface area contributed by atoms with Crippen LogP contribution in [0.4, 0.5) is 0 Å². The smallest absolute Gasteiger partial charge is 0.0561 e. The van der Waals surface area contributed by atoms with Crippen LogP contribution in [-0.4, -0.2) is 25.0 Å². The molecule has 0 spiro atoms. The zero-order valence-corrected chi connectivity index (χ0v) is 10.8. The first kappa shape index (κ1) is 12.7. The Hall–Kier alpha value is -0.380. The number of nitrogens with two attached hydrogens (primary N) is 1. The van der Waals surface area contributed by atoms with Gasteiger partial charge in [0.2, 0.25) is 0 Å². The monoisotopic (exact) mass is 226 g/mol. The Morgan fingerprint density at radius 2 is 2.27 bits per heavy atom. The molecule has 0 bridgehead atoms. The summed E-state index contributed by atoms with van der Waals surface area (Å²) in [5, 5.41) is 2.12. The summed E-state index contributed by atoms with van der Waals surface area (Å²) in [5.74, 6) is 0.740. The van der Waals surface area contributed by atoms with Gasteiger partial charge in [0, 0.05) is 18.0 Å². The first-order valence-electron chi connectivity index (χ1n) is 5.62. The first-order chi connectivity index (χ1) is 7.19. The Balaban J connectivity index is 2.59. The maximum Gasteiger partial charge on any atom is 0.0561 e. The van der Waals surface area contributed by atoms with E-state index in [9.17, 15) is 0 Å². The fraction of sp³-hybridized carbons (Fsp3) is 0.667. The van der Waals surface area contributed by atoms with Crippen LogP contribution in [0.1, 0.15) is 31.2 Å². The summed E-state index contributed by atoms with van der Waals surface area (Å²) in [6.07, 6.45) is 1.23. The van der Waals surface area contributed by atoms with Crippen molar-refractivity contribution in [2.75, 3.05) is 20.1 Å². The van der Waals surface area contributed by atoms with E-state index in [2.05, 4.69) is 43.3 Å². The number of rotatable bonds is 6. The van der Waals surface area contributed by atoms with Gasteiger partial charge in [0.1, 0.15) is 0 Å². The minimum absolute atomic E-state index is 0.388. The quantitative estimate of drug-likeness (QED) is 0.808. The third-order valence-electron chi connectivity index (χ3n) is 2.92. The van der Waals surface area contributed by atoms with Crippen molar-refractivity contribution in [3.63, 3.8) is 0 Å². The highest BCUT2D eigenvalue weighted by molar-refractivity contribution is 7.10. The predicted octanol–water partition coefficient (Wildman–Crippen LogP) is 2.73. The summed E-state index contributed by atoms with van der Waals surface area (Å²) in [5.41, 5.74) is 5.85. The van der Waals surface area contributed by atoms with Crippen molar-refractivity contribution in [2.45, 2.75) is 26.3 Å². The maximum absolute atomic E-state index is 5.85. The molecule has 2 N–H and O–H groups in total. The van der Waals surface area contributed by atoms with Crippen LogP contribution in [0, 0.1) is 5.92 Å². The Bertz CT molecular complexity index is 259. The van der Waals surface area contributed by atoms with Crippen LogP contribution in [0.15, 0.2) is 17.5 Å². The summed E-state index contributed by atoms with van der Waals surface area (Å²) in [4.78, 5) is 3.75. The molecule has 86 valence electrons. The van der Waals surface area contributed by atoms with Crippen LogP contribution < -0.4 is 5.73 Å². The van der Waals surface area contributed by atoms with Gasteiger partial charge in [-0.15, -0.1) is 11.3 Å². The topological polar surface area (TPSA) is 29.3 Å². The van der Waals surface area contributed by atoms with Crippen molar-refractivity contribution >= 4 is 11.3 Å². The summed E-state index contributed by atoms with van der Waals surface area (Å²) < 4.78 is 0. The van der Waals surface area contributed by atoms with E-state index in [0.29, 0.717) is 12.6 Å². The lowest BCUT2D eigenvalue weighted by molar-refractivity contribution is 0.218. The number of hydrogen-bond acceptors (Lipinski definition) is 3. The number of likely N-dealkylation sites (N-methyl/N-ethyl adjacent to an activating group) is 1. The molecule has 15 heavy (non-hydrogen) atoms. The Labute approximate surface area is 97.1 Å². The summed E-state index contributed by atoms with van der Waals surface area (Å²) in [7, 11) is 2.17. The van der Waals surface area contributed by atoms with E-state index in [1.165, 1.54) is 11.3 Å². The fourth-order valence-electron chi connectivity index (χ4n) is 1.74. The van der Waals surface area contributed by atoms with Crippen molar-refractivity contribution in [1.82, 2.24) is 4.90 Å². The predicted molar refractivity (Wildman–Crippen MR) is 68.2 cm³/mol. The lowest BCUT2D eigenvalue weighted by atomic mass is 10.1. The SMILES string of the molecule is CCC(C)CN(C)C(CN)c1cccs1. The second kappa shape index (κ2) is 6.26. The zero-order valence-electron chi connectivity index (χ0n) is 9.94. The maximum atomic E-state index is 5.85. The molecule has 2 unspecified atom stereocenters. The molecule has 0 saturated carbocycles. The van der Waals surface area contributed by atoms with E-state index in [4.69, 9.17) is 5.73 Å². The third kappa shape index (κ3) is 3.59. The molecule has 0 aliphatic rings. The van der Waals surface area contributed by atoms with Gasteiger partial charge in [-0.2, -0.15) is 0 Å². The molecule has 1 aromatic heterocycles. The van der Waals surface area contributed by atoms with Crippen molar-refractivity contribution in [1.29, 1.82) is 0 Å². The molecular formula is C12H22N2S. The van der Waals surface area contributed by atoms with E-state index in [-0.39, 0.29) is 0 Å². The molecule has 0 aliphatic carbocycles. The van der Waals surface area contributed by atoms with Gasteiger partial charge in [-0.3, -0.25) is 4.90 Å². The molecule has 0 amide bonds. The van der Waals surface area contributed by atoms with Gasteiger partial charge >= 0.3 is 0 Å². The molecule has 0 aliphatic heterocycles. The van der Waals surface area contributed by atoms with Crippen LogP contribution in [0.25, 0.3) is 0 Å². The number of hydrogen-bond donors (Lipinski definition) is 1. The van der Waals surface area contributed by atoms with Crippen molar-refractivity contribution < 1.29 is 0 Å². The lowest BCUT2D eigenvalue weighted by Gasteiger charge is -2.28. The molecule has 2 nitrogen and oxygen atoms in total. The molecule has 1 aromatic rings. The molecule has 0 aromatic carbocycles. The van der Waals surface area contributed by atoms with Crippen LogP contribution in [-0.2, 0) is 0 Å². The van der Waals surface area contributed by atoms with Gasteiger partial charge in [-0.1, -0.05) is 26.3 Å². The second-order valence-electron chi connectivity index (χ2n) is 4.22. The summed E-state index contributed by atoms with van der Waals surface area (Å²) in [6, 6.07) is 4.66. The Morgan fingerprint density at radius 1 is 1.53 bits per heavy atom. The molecule has 0 radical (unpaired) electrons. The van der Waals surface area contributed by atoms with E-state index < -0.39 is 0 Å². The normalized spacial score (nSPS) is 15.5. The van der Waals surface area contributed by atoms with E-state index in [0.717, 1.165) is 12.5 Å². The highest BCUT2D eigenvalue weighted by Gasteiger charge is 2.17.